The Balaban J connectivity index is 1.51. The van der Waals surface area contributed by atoms with Gasteiger partial charge in [-0.25, -0.2) is 0 Å². The van der Waals surface area contributed by atoms with Crippen LogP contribution in [0.25, 0.3) is 11.0 Å². The fourth-order valence-electron chi connectivity index (χ4n) is 4.32. The van der Waals surface area contributed by atoms with Crippen molar-refractivity contribution >= 4 is 34.2 Å². The summed E-state index contributed by atoms with van der Waals surface area (Å²) >= 11 is 0. The van der Waals surface area contributed by atoms with Crippen LogP contribution >= 0.6 is 0 Å². The molecule has 0 unspecified atom stereocenters. The highest BCUT2D eigenvalue weighted by Crippen LogP contribution is 2.34. The Hall–Kier alpha value is -4.64. The van der Waals surface area contributed by atoms with Crippen molar-refractivity contribution in [1.82, 2.24) is 0 Å². The summed E-state index contributed by atoms with van der Waals surface area (Å²) in [5, 5.41) is 6.58. The molecule has 36 heavy (non-hydrogen) atoms. The van der Waals surface area contributed by atoms with Crippen molar-refractivity contribution in [1.29, 1.82) is 0 Å². The zero-order valence-electron chi connectivity index (χ0n) is 19.9. The van der Waals surface area contributed by atoms with Crippen molar-refractivity contribution in [2.45, 2.75) is 19.3 Å². The Labute approximate surface area is 209 Å². The number of amides is 2. The summed E-state index contributed by atoms with van der Waals surface area (Å²) in [4.78, 5) is 27.1. The number of benzene rings is 4. The fourth-order valence-corrected chi connectivity index (χ4v) is 4.32. The van der Waals surface area contributed by atoms with Crippen LogP contribution in [0.2, 0.25) is 0 Å². The average Bonchev–Trinajstić information content (AvgIpc) is 3.29. The van der Waals surface area contributed by atoms with Crippen LogP contribution in [0.4, 0.5) is 11.4 Å². The lowest BCUT2D eigenvalue weighted by molar-refractivity contribution is -0.116. The van der Waals surface area contributed by atoms with Crippen LogP contribution in [0.5, 0.6) is 0 Å². The molecule has 2 amide bonds. The number of aryl methyl sites for hydroxylation is 1. The van der Waals surface area contributed by atoms with E-state index in [-0.39, 0.29) is 11.7 Å². The lowest BCUT2D eigenvalue weighted by Crippen LogP contribution is -2.23. The highest BCUT2D eigenvalue weighted by Gasteiger charge is 2.27. The summed E-state index contributed by atoms with van der Waals surface area (Å²) in [5.41, 5.74) is 4.43. The lowest BCUT2D eigenvalue weighted by Gasteiger charge is -2.18. The van der Waals surface area contributed by atoms with Gasteiger partial charge in [0.1, 0.15) is 11.3 Å². The molecule has 0 saturated heterocycles. The first kappa shape index (κ1) is 23.1. The van der Waals surface area contributed by atoms with Gasteiger partial charge in [0, 0.05) is 11.1 Å². The molecule has 0 aliphatic rings. The predicted octanol–water partition coefficient (Wildman–Crippen LogP) is 7.02. The minimum Gasteiger partial charge on any atom is -0.449 e. The molecule has 5 rings (SSSR count). The monoisotopic (exact) mass is 474 g/mol. The third-order valence-corrected chi connectivity index (χ3v) is 6.20. The van der Waals surface area contributed by atoms with E-state index in [1.807, 2.05) is 103 Å². The second kappa shape index (κ2) is 10.3. The van der Waals surface area contributed by atoms with E-state index in [1.165, 1.54) is 5.56 Å². The summed E-state index contributed by atoms with van der Waals surface area (Å²) in [6, 6.07) is 34.2. The fraction of sp³-hybridized carbons (Fsp3) is 0.0968. The van der Waals surface area contributed by atoms with Gasteiger partial charge in [-0.15, -0.1) is 0 Å². The number of furan rings is 1. The van der Waals surface area contributed by atoms with Crippen molar-refractivity contribution < 1.29 is 14.0 Å². The van der Waals surface area contributed by atoms with Gasteiger partial charge in [0.2, 0.25) is 11.7 Å². The van der Waals surface area contributed by atoms with Crippen molar-refractivity contribution in [3.05, 3.63) is 132 Å². The topological polar surface area (TPSA) is 71.3 Å². The molecule has 0 fully saturated rings. The average molecular weight is 475 g/mol. The quantitative estimate of drug-likeness (QED) is 0.266. The van der Waals surface area contributed by atoms with Gasteiger partial charge in [0.25, 0.3) is 5.91 Å². The Morgan fingerprint density at radius 3 is 1.92 bits per heavy atom. The van der Waals surface area contributed by atoms with Crippen molar-refractivity contribution in [3.63, 3.8) is 0 Å². The molecule has 0 radical (unpaired) electrons. The van der Waals surface area contributed by atoms with Crippen LogP contribution in [0.3, 0.4) is 0 Å². The highest BCUT2D eigenvalue weighted by molar-refractivity contribution is 6.15. The molecule has 0 aliphatic heterocycles. The van der Waals surface area contributed by atoms with Crippen molar-refractivity contribution in [2.24, 2.45) is 0 Å². The van der Waals surface area contributed by atoms with Gasteiger partial charge in [-0.1, -0.05) is 91.9 Å². The lowest BCUT2D eigenvalue weighted by atomic mass is 9.90. The van der Waals surface area contributed by atoms with Crippen molar-refractivity contribution in [2.75, 3.05) is 10.6 Å². The minimum atomic E-state index is -0.557. The number of rotatable bonds is 7. The van der Waals surface area contributed by atoms with Crippen LogP contribution < -0.4 is 10.6 Å². The van der Waals surface area contributed by atoms with Gasteiger partial charge in [0.05, 0.1) is 5.92 Å². The van der Waals surface area contributed by atoms with Gasteiger partial charge in [0.15, 0.2) is 0 Å². The van der Waals surface area contributed by atoms with Crippen LogP contribution in [-0.4, -0.2) is 11.8 Å². The molecule has 178 valence electrons. The van der Waals surface area contributed by atoms with Crippen LogP contribution in [0, 0.1) is 0 Å². The maximum Gasteiger partial charge on any atom is 0.293 e. The maximum atomic E-state index is 13.8. The van der Waals surface area contributed by atoms with Crippen LogP contribution in [0.1, 0.15) is 40.1 Å². The van der Waals surface area contributed by atoms with Gasteiger partial charge >= 0.3 is 0 Å². The zero-order chi connectivity index (χ0) is 24.9. The SMILES string of the molecule is CCc1ccc(NC(=O)c2oc3ccccc3c2NC(=O)C(c2ccccc2)c2ccccc2)cc1. The number of hydrogen-bond acceptors (Lipinski definition) is 3. The Morgan fingerprint density at radius 1 is 0.722 bits per heavy atom. The van der Waals surface area contributed by atoms with E-state index < -0.39 is 11.8 Å². The summed E-state index contributed by atoms with van der Waals surface area (Å²) in [7, 11) is 0. The Bertz CT molecular complexity index is 1450. The Kier molecular flexibility index (Phi) is 6.63. The van der Waals surface area contributed by atoms with E-state index in [0.717, 1.165) is 17.5 Å². The zero-order valence-corrected chi connectivity index (χ0v) is 19.9. The first-order valence-electron chi connectivity index (χ1n) is 12.0. The summed E-state index contributed by atoms with van der Waals surface area (Å²) in [6.07, 6.45) is 0.915. The number of carbonyl (C=O) groups is 2. The molecule has 4 aromatic carbocycles. The van der Waals surface area contributed by atoms with Gasteiger partial charge in [-0.05, 0) is 47.4 Å². The molecule has 5 heteroatoms. The molecule has 1 aromatic heterocycles. The summed E-state index contributed by atoms with van der Waals surface area (Å²) < 4.78 is 5.94. The third kappa shape index (κ3) is 4.77. The molecule has 1 heterocycles. The summed E-state index contributed by atoms with van der Waals surface area (Å²) in [6.45, 7) is 2.08. The van der Waals surface area contributed by atoms with E-state index >= 15 is 0 Å². The second-order valence-electron chi connectivity index (χ2n) is 8.55. The molecule has 2 N–H and O–H groups in total. The number of fused-ring (bicyclic) bond motifs is 1. The van der Waals surface area contributed by atoms with E-state index in [0.29, 0.717) is 22.3 Å². The number of para-hydroxylation sites is 1. The standard InChI is InChI=1S/C31H26N2O3/c1-2-21-17-19-24(20-18-21)32-31(35)29-28(25-15-9-10-16-26(25)36-29)33-30(34)27(22-11-5-3-6-12-22)23-13-7-4-8-14-23/h3-20,27H,2H2,1H3,(H,32,35)(H,33,34). The van der Waals surface area contributed by atoms with Gasteiger partial charge in [-0.2, -0.15) is 0 Å². The molecule has 5 nitrogen and oxygen atoms in total. The molecule has 5 aromatic rings. The molecule has 0 saturated carbocycles. The van der Waals surface area contributed by atoms with Crippen LogP contribution in [0.15, 0.2) is 114 Å². The van der Waals surface area contributed by atoms with Crippen LogP contribution in [-0.2, 0) is 11.2 Å². The van der Waals surface area contributed by atoms with Gasteiger partial charge < -0.3 is 15.1 Å². The highest BCUT2D eigenvalue weighted by atomic mass is 16.3. The Morgan fingerprint density at radius 2 is 1.31 bits per heavy atom. The molecular formula is C31H26N2O3. The molecule has 0 aliphatic carbocycles. The molecular weight excluding hydrogens is 448 g/mol. The van der Waals surface area contributed by atoms with E-state index in [4.69, 9.17) is 4.42 Å². The third-order valence-electron chi connectivity index (χ3n) is 6.20. The molecule has 0 atom stereocenters. The first-order valence-corrected chi connectivity index (χ1v) is 12.0. The molecule has 0 bridgehead atoms. The van der Waals surface area contributed by atoms with E-state index in [1.54, 1.807) is 6.07 Å². The minimum absolute atomic E-state index is 0.0593. The smallest absolute Gasteiger partial charge is 0.293 e. The normalized spacial score (nSPS) is 10.9. The van der Waals surface area contributed by atoms with Gasteiger partial charge in [-0.3, -0.25) is 9.59 Å². The summed E-state index contributed by atoms with van der Waals surface area (Å²) in [5.74, 6) is -1.18. The van der Waals surface area contributed by atoms with Crippen molar-refractivity contribution in [3.8, 4) is 0 Å². The largest absolute Gasteiger partial charge is 0.449 e. The maximum absolute atomic E-state index is 13.8. The van der Waals surface area contributed by atoms with E-state index in [2.05, 4.69) is 17.6 Å². The molecule has 0 spiro atoms. The second-order valence-corrected chi connectivity index (χ2v) is 8.55. The van der Waals surface area contributed by atoms with E-state index in [9.17, 15) is 9.59 Å². The number of hydrogen-bond donors (Lipinski definition) is 2. The number of carbonyl (C=O) groups excluding carboxylic acids is 2. The first-order chi connectivity index (χ1) is 17.6. The number of nitrogens with one attached hydrogen (secondary N) is 2. The number of anilines is 2. The predicted molar refractivity (Wildman–Crippen MR) is 143 cm³/mol.